The molecule has 7 heteroatoms. The van der Waals surface area contributed by atoms with Crippen LogP contribution in [0.4, 0.5) is 5.69 Å². The average Bonchev–Trinajstić information content (AvgIpc) is 2.99. The van der Waals surface area contributed by atoms with Crippen molar-refractivity contribution < 1.29 is 9.53 Å². The lowest BCUT2D eigenvalue weighted by Crippen LogP contribution is -2.36. The summed E-state index contributed by atoms with van der Waals surface area (Å²) in [4.78, 5) is 13.3. The molecular weight excluding hydrogens is 258 g/mol. The van der Waals surface area contributed by atoms with Gasteiger partial charge in [0.1, 0.15) is 0 Å². The molecular formula is C13H17N5O2. The Balaban J connectivity index is 1.95. The molecule has 0 aliphatic rings. The molecule has 1 aromatic carbocycles. The molecule has 0 radical (unpaired) electrons. The summed E-state index contributed by atoms with van der Waals surface area (Å²) < 4.78 is 4.89. The molecule has 1 atom stereocenters. The molecule has 0 spiro atoms. The van der Waals surface area contributed by atoms with Crippen LogP contribution in [0.1, 0.15) is 6.42 Å². The first-order valence-electron chi connectivity index (χ1n) is 6.23. The Morgan fingerprint density at radius 1 is 1.35 bits per heavy atom. The van der Waals surface area contributed by atoms with Gasteiger partial charge in [0.2, 0.25) is 5.91 Å². The fourth-order valence-corrected chi connectivity index (χ4v) is 1.64. The third kappa shape index (κ3) is 3.62. The minimum Gasteiger partial charge on any atom is -0.385 e. The lowest BCUT2D eigenvalue weighted by atomic mass is 10.2. The number of amides is 1. The van der Waals surface area contributed by atoms with Crippen molar-refractivity contribution >= 4 is 11.6 Å². The second-order valence-corrected chi connectivity index (χ2v) is 4.24. The van der Waals surface area contributed by atoms with E-state index in [-0.39, 0.29) is 5.91 Å². The fourth-order valence-electron chi connectivity index (χ4n) is 1.64. The molecule has 0 bridgehead atoms. The zero-order valence-corrected chi connectivity index (χ0v) is 11.2. The second-order valence-electron chi connectivity index (χ2n) is 4.24. The molecule has 0 aliphatic heterocycles. The summed E-state index contributed by atoms with van der Waals surface area (Å²) in [7, 11) is 1.58. The van der Waals surface area contributed by atoms with Crippen LogP contribution in [0.5, 0.6) is 0 Å². The Morgan fingerprint density at radius 3 is 2.60 bits per heavy atom. The molecule has 0 saturated heterocycles. The third-order valence-electron chi connectivity index (χ3n) is 2.75. The van der Waals surface area contributed by atoms with Gasteiger partial charge in [-0.15, -0.1) is 0 Å². The number of hydrogen-bond donors (Lipinski definition) is 2. The Bertz CT molecular complexity index is 538. The average molecular weight is 275 g/mol. The lowest BCUT2D eigenvalue weighted by Gasteiger charge is -2.12. The quantitative estimate of drug-likeness (QED) is 0.803. The Hall–Kier alpha value is -2.25. The van der Waals surface area contributed by atoms with Gasteiger partial charge in [-0.1, -0.05) is 0 Å². The summed E-state index contributed by atoms with van der Waals surface area (Å²) in [6.07, 6.45) is 3.69. The number of nitrogens with zero attached hydrogens (tertiary/aromatic N) is 3. The molecule has 1 unspecified atom stereocenters. The smallest absolute Gasteiger partial charge is 0.241 e. The number of carbonyl (C=O) groups is 1. The van der Waals surface area contributed by atoms with Gasteiger partial charge in [-0.25, -0.2) is 0 Å². The Labute approximate surface area is 116 Å². The zero-order valence-electron chi connectivity index (χ0n) is 11.2. The minimum atomic E-state index is -0.581. The van der Waals surface area contributed by atoms with E-state index in [2.05, 4.69) is 15.5 Å². The number of aromatic nitrogens is 3. The second kappa shape index (κ2) is 6.78. The monoisotopic (exact) mass is 275 g/mol. The van der Waals surface area contributed by atoms with E-state index in [4.69, 9.17) is 10.5 Å². The van der Waals surface area contributed by atoms with Crippen molar-refractivity contribution in [1.29, 1.82) is 0 Å². The first kappa shape index (κ1) is 14.2. The van der Waals surface area contributed by atoms with E-state index < -0.39 is 6.04 Å². The van der Waals surface area contributed by atoms with Crippen LogP contribution < -0.4 is 11.1 Å². The van der Waals surface area contributed by atoms with Gasteiger partial charge in [0, 0.05) is 19.4 Å². The molecule has 1 aromatic heterocycles. The number of carbonyl (C=O) groups excluding carboxylic acids is 1. The molecule has 1 heterocycles. The van der Waals surface area contributed by atoms with Crippen molar-refractivity contribution in [3.63, 3.8) is 0 Å². The largest absolute Gasteiger partial charge is 0.385 e. The van der Waals surface area contributed by atoms with Gasteiger partial charge in [-0.05, 0) is 30.7 Å². The van der Waals surface area contributed by atoms with Crippen LogP contribution in [0.2, 0.25) is 0 Å². The number of ether oxygens (including phenoxy) is 1. The number of rotatable bonds is 6. The van der Waals surface area contributed by atoms with E-state index in [1.807, 2.05) is 12.1 Å². The molecule has 2 aromatic rings. The van der Waals surface area contributed by atoms with E-state index in [1.54, 1.807) is 31.6 Å². The highest BCUT2D eigenvalue weighted by Gasteiger charge is 2.13. The first-order chi connectivity index (χ1) is 9.70. The van der Waals surface area contributed by atoms with Gasteiger partial charge in [-0.3, -0.25) is 4.79 Å². The van der Waals surface area contributed by atoms with Crippen molar-refractivity contribution in [3.05, 3.63) is 36.7 Å². The highest BCUT2D eigenvalue weighted by atomic mass is 16.5. The van der Waals surface area contributed by atoms with E-state index in [9.17, 15) is 4.79 Å². The van der Waals surface area contributed by atoms with Crippen molar-refractivity contribution in [2.45, 2.75) is 12.5 Å². The zero-order chi connectivity index (χ0) is 14.4. The summed E-state index contributed by atoms with van der Waals surface area (Å²) in [6.45, 7) is 0.457. The maximum absolute atomic E-state index is 11.8. The number of benzene rings is 1. The van der Waals surface area contributed by atoms with Crippen LogP contribution in [0.15, 0.2) is 36.7 Å². The highest BCUT2D eigenvalue weighted by molar-refractivity contribution is 5.94. The summed E-state index contributed by atoms with van der Waals surface area (Å²) in [5, 5.41) is 10.8. The van der Waals surface area contributed by atoms with E-state index >= 15 is 0 Å². The number of nitrogens with two attached hydrogens (primary N) is 1. The topological polar surface area (TPSA) is 95.1 Å². The third-order valence-corrected chi connectivity index (χ3v) is 2.75. The Morgan fingerprint density at radius 2 is 2.00 bits per heavy atom. The van der Waals surface area contributed by atoms with Gasteiger partial charge in [-0.2, -0.15) is 15.0 Å². The van der Waals surface area contributed by atoms with E-state index in [0.717, 1.165) is 5.69 Å². The summed E-state index contributed by atoms with van der Waals surface area (Å²) in [5.41, 5.74) is 7.24. The van der Waals surface area contributed by atoms with Gasteiger partial charge in [0.05, 0.1) is 24.1 Å². The lowest BCUT2D eigenvalue weighted by molar-refractivity contribution is -0.117. The SMILES string of the molecule is COCCC(N)C(=O)Nc1ccc(-n2nccn2)cc1. The van der Waals surface area contributed by atoms with Crippen LogP contribution in [-0.2, 0) is 9.53 Å². The normalized spacial score (nSPS) is 12.1. The molecule has 1 amide bonds. The molecule has 106 valence electrons. The molecule has 0 saturated carbocycles. The summed E-state index contributed by atoms with van der Waals surface area (Å²) in [5.74, 6) is -0.230. The van der Waals surface area contributed by atoms with Gasteiger partial charge in [0.15, 0.2) is 0 Å². The van der Waals surface area contributed by atoms with Crippen LogP contribution in [0.3, 0.4) is 0 Å². The summed E-state index contributed by atoms with van der Waals surface area (Å²) in [6, 6.07) is 6.61. The number of hydrogen-bond acceptors (Lipinski definition) is 5. The van der Waals surface area contributed by atoms with Crippen LogP contribution in [0.25, 0.3) is 5.69 Å². The maximum Gasteiger partial charge on any atom is 0.241 e. The van der Waals surface area contributed by atoms with Crippen LogP contribution in [-0.4, -0.2) is 40.7 Å². The molecule has 2 rings (SSSR count). The molecule has 3 N–H and O–H groups in total. The predicted molar refractivity (Wildman–Crippen MR) is 74.5 cm³/mol. The predicted octanol–water partition coefficient (Wildman–Crippen LogP) is 0.570. The Kier molecular flexibility index (Phi) is 4.80. The maximum atomic E-state index is 11.8. The van der Waals surface area contributed by atoms with E-state index in [0.29, 0.717) is 18.7 Å². The first-order valence-corrected chi connectivity index (χ1v) is 6.23. The van der Waals surface area contributed by atoms with Crippen molar-refractivity contribution in [2.75, 3.05) is 19.0 Å². The van der Waals surface area contributed by atoms with Crippen molar-refractivity contribution in [1.82, 2.24) is 15.0 Å². The van der Waals surface area contributed by atoms with Gasteiger partial charge >= 0.3 is 0 Å². The number of methoxy groups -OCH3 is 1. The fraction of sp³-hybridized carbons (Fsp3) is 0.308. The number of nitrogens with one attached hydrogen (secondary N) is 1. The van der Waals surface area contributed by atoms with Gasteiger partial charge < -0.3 is 15.8 Å². The van der Waals surface area contributed by atoms with Crippen molar-refractivity contribution in [3.8, 4) is 5.69 Å². The van der Waals surface area contributed by atoms with Crippen molar-refractivity contribution in [2.24, 2.45) is 5.73 Å². The highest BCUT2D eigenvalue weighted by Crippen LogP contribution is 2.12. The standard InChI is InChI=1S/C13H17N5O2/c1-20-9-6-12(14)13(19)17-10-2-4-11(5-3-10)18-15-7-8-16-18/h2-5,7-8,12H,6,9,14H2,1H3,(H,17,19). The van der Waals surface area contributed by atoms with Gasteiger partial charge in [0.25, 0.3) is 0 Å². The summed E-state index contributed by atoms with van der Waals surface area (Å²) >= 11 is 0. The molecule has 0 fully saturated rings. The van der Waals surface area contributed by atoms with Crippen LogP contribution in [0, 0.1) is 0 Å². The molecule has 20 heavy (non-hydrogen) atoms. The van der Waals surface area contributed by atoms with E-state index in [1.165, 1.54) is 4.80 Å². The molecule has 7 nitrogen and oxygen atoms in total. The number of anilines is 1. The van der Waals surface area contributed by atoms with Crippen LogP contribution >= 0.6 is 0 Å². The minimum absolute atomic E-state index is 0.230. The molecule has 0 aliphatic carbocycles.